The van der Waals surface area contributed by atoms with E-state index in [0.717, 1.165) is 33.5 Å². The molecule has 0 spiro atoms. The summed E-state index contributed by atoms with van der Waals surface area (Å²) in [5, 5.41) is 6.25. The number of hydrogen-bond acceptors (Lipinski definition) is 5. The molecule has 23 heavy (non-hydrogen) atoms. The summed E-state index contributed by atoms with van der Waals surface area (Å²) in [7, 11) is 5.74. The minimum absolute atomic E-state index is 0.825. The van der Waals surface area contributed by atoms with Crippen molar-refractivity contribution in [3.05, 3.63) is 53.9 Å². The number of thiazole rings is 1. The summed E-state index contributed by atoms with van der Waals surface area (Å²) in [5.41, 5.74) is 4.22. The molecule has 3 aromatic rings. The third kappa shape index (κ3) is 3.63. The van der Waals surface area contributed by atoms with Gasteiger partial charge in [-0.05, 0) is 24.3 Å². The van der Waals surface area contributed by atoms with Crippen LogP contribution in [0, 0.1) is 0 Å². The molecule has 0 fully saturated rings. The van der Waals surface area contributed by atoms with Crippen LogP contribution in [0.2, 0.25) is 0 Å². The molecule has 0 aliphatic rings. The Bertz CT molecular complexity index is 798. The van der Waals surface area contributed by atoms with Gasteiger partial charge in [0.1, 0.15) is 5.75 Å². The van der Waals surface area contributed by atoms with E-state index in [-0.39, 0.29) is 0 Å². The number of nitrogens with one attached hydrogen (secondary N) is 1. The normalized spacial score (nSPS) is 10.4. The number of benzene rings is 2. The van der Waals surface area contributed by atoms with E-state index in [1.165, 1.54) is 0 Å². The van der Waals surface area contributed by atoms with Crippen molar-refractivity contribution >= 4 is 27.8 Å². The monoisotopic (exact) mass is 325 g/mol. The van der Waals surface area contributed by atoms with Gasteiger partial charge >= 0.3 is 0 Å². The highest BCUT2D eigenvalue weighted by atomic mass is 32.1. The van der Waals surface area contributed by atoms with Crippen molar-refractivity contribution < 1.29 is 4.74 Å². The first-order chi connectivity index (χ1) is 11.2. The van der Waals surface area contributed by atoms with E-state index < -0.39 is 0 Å². The van der Waals surface area contributed by atoms with Gasteiger partial charge in [0.2, 0.25) is 0 Å². The third-order valence-corrected chi connectivity index (χ3v) is 4.24. The van der Waals surface area contributed by atoms with Gasteiger partial charge in [0.05, 0.1) is 12.8 Å². The topological polar surface area (TPSA) is 37.4 Å². The van der Waals surface area contributed by atoms with E-state index >= 15 is 0 Å². The van der Waals surface area contributed by atoms with Gasteiger partial charge in [-0.25, -0.2) is 4.98 Å². The molecule has 0 radical (unpaired) electrons. The molecule has 4 nitrogen and oxygen atoms in total. The van der Waals surface area contributed by atoms with Gasteiger partial charge < -0.3 is 15.0 Å². The van der Waals surface area contributed by atoms with Crippen molar-refractivity contribution in [1.82, 2.24) is 4.98 Å². The van der Waals surface area contributed by atoms with Crippen LogP contribution in [-0.2, 0) is 0 Å². The Hall–Kier alpha value is -2.53. The zero-order valence-corrected chi connectivity index (χ0v) is 14.2. The lowest BCUT2D eigenvalue weighted by Crippen LogP contribution is -2.08. The zero-order valence-electron chi connectivity index (χ0n) is 13.4. The summed E-state index contributed by atoms with van der Waals surface area (Å²) in [6.07, 6.45) is 0. The van der Waals surface area contributed by atoms with Crippen LogP contribution in [0.1, 0.15) is 0 Å². The van der Waals surface area contributed by atoms with Crippen LogP contribution in [0.4, 0.5) is 16.5 Å². The van der Waals surface area contributed by atoms with E-state index in [4.69, 9.17) is 4.74 Å². The molecule has 0 saturated carbocycles. The maximum Gasteiger partial charge on any atom is 0.187 e. The van der Waals surface area contributed by atoms with Crippen LogP contribution < -0.4 is 15.0 Å². The Morgan fingerprint density at radius 3 is 2.70 bits per heavy atom. The van der Waals surface area contributed by atoms with E-state index in [1.807, 2.05) is 38.4 Å². The van der Waals surface area contributed by atoms with Crippen molar-refractivity contribution in [2.24, 2.45) is 0 Å². The molecule has 118 valence electrons. The van der Waals surface area contributed by atoms with Crippen molar-refractivity contribution in [3.63, 3.8) is 0 Å². The summed E-state index contributed by atoms with van der Waals surface area (Å²) in [4.78, 5) is 6.77. The van der Waals surface area contributed by atoms with Gasteiger partial charge in [-0.1, -0.05) is 18.2 Å². The molecular formula is C18H19N3OS. The van der Waals surface area contributed by atoms with Gasteiger partial charge in [-0.15, -0.1) is 11.3 Å². The van der Waals surface area contributed by atoms with Crippen LogP contribution in [-0.4, -0.2) is 26.2 Å². The molecule has 0 amide bonds. The number of aromatic nitrogens is 1. The highest BCUT2D eigenvalue weighted by Gasteiger charge is 2.07. The molecule has 0 aliphatic heterocycles. The largest absolute Gasteiger partial charge is 0.497 e. The smallest absolute Gasteiger partial charge is 0.187 e. The van der Waals surface area contributed by atoms with Crippen LogP contribution >= 0.6 is 11.3 Å². The molecule has 1 aromatic heterocycles. The Morgan fingerprint density at radius 2 is 1.91 bits per heavy atom. The summed E-state index contributed by atoms with van der Waals surface area (Å²) in [6.45, 7) is 0. The summed E-state index contributed by atoms with van der Waals surface area (Å²) in [6, 6.07) is 16.2. The lowest BCUT2D eigenvalue weighted by Gasteiger charge is -2.12. The van der Waals surface area contributed by atoms with Crippen LogP contribution in [0.3, 0.4) is 0 Å². The average Bonchev–Trinajstić information content (AvgIpc) is 3.03. The quantitative estimate of drug-likeness (QED) is 0.742. The summed E-state index contributed by atoms with van der Waals surface area (Å²) >= 11 is 1.59. The number of nitrogens with zero attached hydrogens (tertiary/aromatic N) is 2. The Morgan fingerprint density at radius 1 is 1.09 bits per heavy atom. The number of methoxy groups -OCH3 is 1. The second-order valence-corrected chi connectivity index (χ2v) is 6.20. The minimum atomic E-state index is 0.825. The second-order valence-electron chi connectivity index (χ2n) is 5.34. The average molecular weight is 325 g/mol. The lowest BCUT2D eigenvalue weighted by atomic mass is 10.1. The first kappa shape index (κ1) is 15.4. The molecule has 3 rings (SSSR count). The lowest BCUT2D eigenvalue weighted by molar-refractivity contribution is 0.415. The molecule has 0 atom stereocenters. The summed E-state index contributed by atoms with van der Waals surface area (Å²) in [5.74, 6) is 0.825. The highest BCUT2D eigenvalue weighted by Crippen LogP contribution is 2.29. The molecule has 0 bridgehead atoms. The van der Waals surface area contributed by atoms with Gasteiger partial charge in [-0.2, -0.15) is 0 Å². The first-order valence-electron chi connectivity index (χ1n) is 7.30. The fourth-order valence-electron chi connectivity index (χ4n) is 2.23. The molecule has 1 heterocycles. The maximum atomic E-state index is 5.24. The van der Waals surface area contributed by atoms with Crippen LogP contribution in [0.25, 0.3) is 11.3 Å². The van der Waals surface area contributed by atoms with Crippen molar-refractivity contribution in [2.45, 2.75) is 0 Å². The number of rotatable bonds is 5. The van der Waals surface area contributed by atoms with E-state index in [2.05, 4.69) is 44.8 Å². The highest BCUT2D eigenvalue weighted by molar-refractivity contribution is 7.14. The van der Waals surface area contributed by atoms with Crippen LogP contribution in [0.15, 0.2) is 53.9 Å². The van der Waals surface area contributed by atoms with Crippen molar-refractivity contribution in [2.75, 3.05) is 31.4 Å². The minimum Gasteiger partial charge on any atom is -0.497 e. The third-order valence-electron chi connectivity index (χ3n) is 3.48. The van der Waals surface area contributed by atoms with Crippen LogP contribution in [0.5, 0.6) is 5.75 Å². The predicted octanol–water partition coefficient (Wildman–Crippen LogP) is 4.63. The zero-order chi connectivity index (χ0) is 16.2. The van der Waals surface area contributed by atoms with E-state index in [9.17, 15) is 0 Å². The maximum absolute atomic E-state index is 5.24. The predicted molar refractivity (Wildman–Crippen MR) is 98.2 cm³/mol. The van der Waals surface area contributed by atoms with Gasteiger partial charge in [0.15, 0.2) is 5.13 Å². The molecular weight excluding hydrogens is 306 g/mol. The Labute approximate surface area is 140 Å². The number of anilines is 3. The Kier molecular flexibility index (Phi) is 4.48. The molecule has 0 unspecified atom stereocenters. The molecule has 1 N–H and O–H groups in total. The summed E-state index contributed by atoms with van der Waals surface area (Å²) < 4.78 is 5.24. The van der Waals surface area contributed by atoms with Gasteiger partial charge in [0, 0.05) is 42.5 Å². The fraction of sp³-hybridized carbons (Fsp3) is 0.167. The molecule has 0 aliphatic carbocycles. The van der Waals surface area contributed by atoms with E-state index in [0.29, 0.717) is 0 Å². The first-order valence-corrected chi connectivity index (χ1v) is 8.18. The van der Waals surface area contributed by atoms with Crippen molar-refractivity contribution in [3.8, 4) is 17.0 Å². The Balaban J connectivity index is 1.81. The fourth-order valence-corrected chi connectivity index (χ4v) is 2.97. The second kappa shape index (κ2) is 6.71. The molecule has 0 saturated heterocycles. The number of ether oxygens (including phenoxy) is 1. The number of hydrogen-bond donors (Lipinski definition) is 1. The molecule has 5 heteroatoms. The molecule has 2 aromatic carbocycles. The van der Waals surface area contributed by atoms with E-state index in [1.54, 1.807) is 18.4 Å². The standard InChI is InChI=1S/C18H19N3OS/c1-21(2)15-8-4-6-13(10-15)17-12-23-18(20-17)19-14-7-5-9-16(11-14)22-3/h4-12H,1-3H3,(H,19,20). The van der Waals surface area contributed by atoms with Crippen molar-refractivity contribution in [1.29, 1.82) is 0 Å². The van der Waals surface area contributed by atoms with Gasteiger partial charge in [0.25, 0.3) is 0 Å². The van der Waals surface area contributed by atoms with Gasteiger partial charge in [-0.3, -0.25) is 0 Å². The SMILES string of the molecule is COc1cccc(Nc2nc(-c3cccc(N(C)C)c3)cs2)c1.